The van der Waals surface area contributed by atoms with Crippen molar-refractivity contribution in [3.63, 3.8) is 0 Å². The molecule has 1 aliphatic carbocycles. The molecular weight excluding hydrogens is 379 g/mol. The van der Waals surface area contributed by atoms with Gasteiger partial charge in [-0.1, -0.05) is 18.2 Å². The van der Waals surface area contributed by atoms with Crippen LogP contribution in [0.2, 0.25) is 0 Å². The van der Waals surface area contributed by atoms with Crippen molar-refractivity contribution in [3.8, 4) is 17.2 Å². The van der Waals surface area contributed by atoms with Gasteiger partial charge in [0.15, 0.2) is 11.5 Å². The van der Waals surface area contributed by atoms with Crippen LogP contribution in [0.25, 0.3) is 22.2 Å². The summed E-state index contributed by atoms with van der Waals surface area (Å²) in [5.74, 6) is 0.744. The van der Waals surface area contributed by atoms with Crippen LogP contribution in [0.4, 0.5) is 10.1 Å². The van der Waals surface area contributed by atoms with E-state index in [1.165, 1.54) is 6.07 Å². The standard InChI is InChI=1S/C24H25FN4O/c1-14-18(12-26)21-23(30-24(27-21)15-8-9-15)22(29-11-10-16(13-29)28(2)3)20(14)17-6-4-5-7-19(17)25/h4-7,15-16H,8-11,13H2,1-3H3/t16-/m0/s1. The van der Waals surface area contributed by atoms with Gasteiger partial charge in [-0.05, 0) is 51.9 Å². The average Bonchev–Trinajstić information content (AvgIpc) is 3.29. The summed E-state index contributed by atoms with van der Waals surface area (Å²) in [5.41, 5.74) is 4.59. The lowest BCUT2D eigenvalue weighted by molar-refractivity contribution is 0.315. The summed E-state index contributed by atoms with van der Waals surface area (Å²) in [6.07, 6.45) is 3.15. The molecule has 0 unspecified atom stereocenters. The highest BCUT2D eigenvalue weighted by Gasteiger charge is 2.35. The van der Waals surface area contributed by atoms with Gasteiger partial charge in [0.2, 0.25) is 0 Å². The summed E-state index contributed by atoms with van der Waals surface area (Å²) in [7, 11) is 4.18. The maximum absolute atomic E-state index is 15.0. The van der Waals surface area contributed by atoms with E-state index in [1.54, 1.807) is 12.1 Å². The van der Waals surface area contributed by atoms with E-state index in [0.29, 0.717) is 40.1 Å². The second-order valence-electron chi connectivity index (χ2n) is 8.67. The van der Waals surface area contributed by atoms with Crippen molar-refractivity contribution < 1.29 is 8.81 Å². The van der Waals surface area contributed by atoms with Gasteiger partial charge in [-0.3, -0.25) is 0 Å². The van der Waals surface area contributed by atoms with Crippen LogP contribution in [0.15, 0.2) is 28.7 Å². The van der Waals surface area contributed by atoms with Crippen LogP contribution in [0.1, 0.15) is 42.2 Å². The number of anilines is 1. The van der Waals surface area contributed by atoms with Gasteiger partial charge in [-0.2, -0.15) is 5.26 Å². The number of hydrogen-bond acceptors (Lipinski definition) is 5. The van der Waals surface area contributed by atoms with E-state index in [9.17, 15) is 9.65 Å². The second-order valence-corrected chi connectivity index (χ2v) is 8.67. The smallest absolute Gasteiger partial charge is 0.198 e. The summed E-state index contributed by atoms with van der Waals surface area (Å²) in [6.45, 7) is 3.58. The van der Waals surface area contributed by atoms with Crippen LogP contribution in [0.3, 0.4) is 0 Å². The predicted octanol–water partition coefficient (Wildman–Crippen LogP) is 4.83. The summed E-state index contributed by atoms with van der Waals surface area (Å²) in [6, 6.07) is 9.50. The number of hydrogen-bond donors (Lipinski definition) is 0. The number of aromatic nitrogens is 1. The Morgan fingerprint density at radius 1 is 1.23 bits per heavy atom. The number of rotatable bonds is 4. The third-order valence-corrected chi connectivity index (χ3v) is 6.47. The van der Waals surface area contributed by atoms with Crippen LogP contribution in [-0.4, -0.2) is 43.1 Å². The molecule has 0 radical (unpaired) electrons. The van der Waals surface area contributed by atoms with Gasteiger partial charge >= 0.3 is 0 Å². The van der Waals surface area contributed by atoms with Crippen molar-refractivity contribution >= 4 is 16.8 Å². The summed E-state index contributed by atoms with van der Waals surface area (Å²) < 4.78 is 21.2. The third kappa shape index (κ3) is 2.96. The number of benzene rings is 2. The Kier molecular flexibility index (Phi) is 4.52. The molecule has 0 bridgehead atoms. The molecule has 6 heteroatoms. The van der Waals surface area contributed by atoms with Crippen molar-refractivity contribution in [1.82, 2.24) is 9.88 Å². The van der Waals surface area contributed by atoms with E-state index in [-0.39, 0.29) is 5.82 Å². The molecule has 154 valence electrons. The molecule has 5 rings (SSSR count). The molecule has 2 aromatic carbocycles. The fourth-order valence-electron chi connectivity index (χ4n) is 4.56. The van der Waals surface area contributed by atoms with Crippen LogP contribution in [0, 0.1) is 24.1 Å². The number of oxazole rings is 1. The third-order valence-electron chi connectivity index (χ3n) is 6.47. The molecule has 0 spiro atoms. The van der Waals surface area contributed by atoms with E-state index in [2.05, 4.69) is 30.0 Å². The Balaban J connectivity index is 1.81. The number of fused-ring (bicyclic) bond motifs is 1. The fraction of sp³-hybridized carbons (Fsp3) is 0.417. The molecular formula is C24H25FN4O. The Morgan fingerprint density at radius 3 is 2.63 bits per heavy atom. The topological polar surface area (TPSA) is 56.3 Å². The van der Waals surface area contributed by atoms with Gasteiger partial charge in [-0.25, -0.2) is 9.37 Å². The molecule has 5 nitrogen and oxygen atoms in total. The monoisotopic (exact) mass is 404 g/mol. The molecule has 1 aliphatic heterocycles. The minimum Gasteiger partial charge on any atom is -0.438 e. The highest BCUT2D eigenvalue weighted by atomic mass is 19.1. The molecule has 1 saturated heterocycles. The molecule has 1 saturated carbocycles. The largest absolute Gasteiger partial charge is 0.438 e. The van der Waals surface area contributed by atoms with Crippen molar-refractivity contribution in [2.45, 2.75) is 38.1 Å². The van der Waals surface area contributed by atoms with Gasteiger partial charge in [-0.15, -0.1) is 0 Å². The van der Waals surface area contributed by atoms with Crippen molar-refractivity contribution in [2.75, 3.05) is 32.1 Å². The number of halogens is 1. The Morgan fingerprint density at radius 2 is 2.00 bits per heavy atom. The lowest BCUT2D eigenvalue weighted by atomic mass is 9.92. The normalized spacial score (nSPS) is 19.1. The van der Waals surface area contributed by atoms with Gasteiger partial charge in [0, 0.05) is 36.2 Å². The maximum Gasteiger partial charge on any atom is 0.198 e. The summed E-state index contributed by atoms with van der Waals surface area (Å²) in [4.78, 5) is 9.24. The van der Waals surface area contributed by atoms with Crippen LogP contribution < -0.4 is 4.90 Å². The molecule has 1 atom stereocenters. The van der Waals surface area contributed by atoms with Crippen molar-refractivity contribution in [1.29, 1.82) is 5.26 Å². The van der Waals surface area contributed by atoms with Crippen molar-refractivity contribution in [3.05, 3.63) is 47.1 Å². The predicted molar refractivity (Wildman–Crippen MR) is 115 cm³/mol. The molecule has 0 N–H and O–H groups in total. The fourth-order valence-corrected chi connectivity index (χ4v) is 4.56. The Hall–Kier alpha value is -2.91. The highest BCUT2D eigenvalue weighted by Crippen LogP contribution is 2.47. The van der Waals surface area contributed by atoms with E-state index >= 15 is 0 Å². The first kappa shape index (κ1) is 19.1. The minimum absolute atomic E-state index is 0.296. The molecule has 30 heavy (non-hydrogen) atoms. The zero-order valence-corrected chi connectivity index (χ0v) is 17.6. The SMILES string of the molecule is Cc1c(-c2ccccc2F)c(N2CC[C@H](N(C)C)C2)c2oc(C3CC3)nc2c1C#N. The lowest BCUT2D eigenvalue weighted by Crippen LogP contribution is -2.31. The van der Waals surface area contributed by atoms with Crippen LogP contribution >= 0.6 is 0 Å². The number of likely N-dealkylation sites (N-methyl/N-ethyl adjacent to an activating group) is 1. The molecule has 0 amide bonds. The van der Waals surface area contributed by atoms with E-state index in [0.717, 1.165) is 49.2 Å². The summed E-state index contributed by atoms with van der Waals surface area (Å²) in [5, 5.41) is 9.95. The van der Waals surface area contributed by atoms with Gasteiger partial charge < -0.3 is 14.2 Å². The number of nitrogens with zero attached hydrogens (tertiary/aromatic N) is 4. The molecule has 1 aromatic heterocycles. The highest BCUT2D eigenvalue weighted by molar-refractivity contribution is 6.02. The van der Waals surface area contributed by atoms with Gasteiger partial charge in [0.25, 0.3) is 0 Å². The second kappa shape index (κ2) is 7.10. The number of nitriles is 1. The Labute approximate surface area is 175 Å². The zero-order chi connectivity index (χ0) is 21.0. The maximum atomic E-state index is 15.0. The first-order valence-corrected chi connectivity index (χ1v) is 10.5. The molecule has 2 heterocycles. The van der Waals surface area contributed by atoms with Crippen LogP contribution in [0.5, 0.6) is 0 Å². The van der Waals surface area contributed by atoms with Gasteiger partial charge in [0.1, 0.15) is 17.4 Å². The molecule has 2 fully saturated rings. The molecule has 3 aromatic rings. The van der Waals surface area contributed by atoms with Crippen molar-refractivity contribution in [2.24, 2.45) is 0 Å². The van der Waals surface area contributed by atoms with E-state index in [1.807, 2.05) is 13.0 Å². The van der Waals surface area contributed by atoms with Crippen LogP contribution in [-0.2, 0) is 0 Å². The minimum atomic E-state index is -0.296. The van der Waals surface area contributed by atoms with E-state index < -0.39 is 0 Å². The first-order valence-electron chi connectivity index (χ1n) is 10.5. The zero-order valence-electron chi connectivity index (χ0n) is 17.6. The average molecular weight is 404 g/mol. The van der Waals surface area contributed by atoms with Gasteiger partial charge in [0.05, 0.1) is 11.3 Å². The first-order chi connectivity index (χ1) is 14.5. The molecule has 2 aliphatic rings. The lowest BCUT2D eigenvalue weighted by Gasteiger charge is -2.25. The quantitative estimate of drug-likeness (QED) is 0.623. The summed E-state index contributed by atoms with van der Waals surface area (Å²) >= 11 is 0. The Bertz CT molecular complexity index is 1170. The van der Waals surface area contributed by atoms with E-state index in [4.69, 9.17) is 9.40 Å².